The number of hydrogen-bond acceptors (Lipinski definition) is 3. The molecule has 0 aliphatic carbocycles. The van der Waals surface area contributed by atoms with Crippen LogP contribution >= 0.6 is 24.0 Å². The first-order chi connectivity index (χ1) is 12.7. The summed E-state index contributed by atoms with van der Waals surface area (Å²) in [6.45, 7) is 2.04. The Hall–Kier alpha value is -1.85. The highest BCUT2D eigenvalue weighted by atomic mass is 32.2. The summed E-state index contributed by atoms with van der Waals surface area (Å²) in [4.78, 5) is 14.7. The Morgan fingerprint density at radius 2 is 1.65 bits per heavy atom. The topological polar surface area (TPSA) is 32.3 Å². The molecule has 3 nitrogen and oxygen atoms in total. The standard InChI is InChI=1S/C21H24N2OS2/c24-20(16-26-21(25)23-13-7-8-14-23)22-19(18-11-5-2-6-12-18)15-17-9-3-1-4-10-17/h1-6,9-12,19H,7-8,13-16H2,(H,22,24). The van der Waals surface area contributed by atoms with Crippen LogP contribution in [0.25, 0.3) is 0 Å². The van der Waals surface area contributed by atoms with Crippen molar-refractivity contribution in [2.45, 2.75) is 25.3 Å². The van der Waals surface area contributed by atoms with Crippen LogP contribution in [0.3, 0.4) is 0 Å². The van der Waals surface area contributed by atoms with Gasteiger partial charge in [0, 0.05) is 13.1 Å². The van der Waals surface area contributed by atoms with E-state index in [2.05, 4.69) is 34.5 Å². The second kappa shape index (κ2) is 9.74. The van der Waals surface area contributed by atoms with E-state index in [0.717, 1.165) is 29.4 Å². The molecule has 1 amide bonds. The number of carbonyl (C=O) groups is 1. The summed E-state index contributed by atoms with van der Waals surface area (Å²) < 4.78 is 0.844. The van der Waals surface area contributed by atoms with Gasteiger partial charge < -0.3 is 10.2 Å². The number of amides is 1. The maximum atomic E-state index is 12.5. The van der Waals surface area contributed by atoms with E-state index < -0.39 is 0 Å². The van der Waals surface area contributed by atoms with Gasteiger partial charge in [0.05, 0.1) is 11.8 Å². The Morgan fingerprint density at radius 3 is 2.31 bits per heavy atom. The van der Waals surface area contributed by atoms with Gasteiger partial charge in [-0.15, -0.1) is 0 Å². The Bertz CT molecular complexity index is 715. The van der Waals surface area contributed by atoms with Crippen molar-refractivity contribution in [2.24, 2.45) is 0 Å². The van der Waals surface area contributed by atoms with Crippen molar-refractivity contribution < 1.29 is 4.79 Å². The molecule has 1 aliphatic heterocycles. The van der Waals surface area contributed by atoms with Crippen molar-refractivity contribution in [3.63, 3.8) is 0 Å². The zero-order valence-electron chi connectivity index (χ0n) is 14.8. The van der Waals surface area contributed by atoms with Crippen LogP contribution in [-0.2, 0) is 11.2 Å². The largest absolute Gasteiger partial charge is 0.358 e. The molecule has 0 spiro atoms. The molecule has 1 atom stereocenters. The lowest BCUT2D eigenvalue weighted by atomic mass is 9.99. The number of nitrogens with zero attached hydrogens (tertiary/aromatic N) is 1. The van der Waals surface area contributed by atoms with Gasteiger partial charge in [-0.25, -0.2) is 0 Å². The van der Waals surface area contributed by atoms with Crippen molar-refractivity contribution >= 4 is 34.2 Å². The fraction of sp³-hybridized carbons (Fsp3) is 0.333. The summed E-state index contributed by atoms with van der Waals surface area (Å²) in [5.41, 5.74) is 2.33. The number of thiocarbonyl (C=S) groups is 1. The molecule has 1 fully saturated rings. The molecule has 0 aromatic heterocycles. The normalized spacial score (nSPS) is 14.8. The van der Waals surface area contributed by atoms with Gasteiger partial charge in [-0.3, -0.25) is 4.79 Å². The van der Waals surface area contributed by atoms with Gasteiger partial charge in [-0.05, 0) is 30.4 Å². The van der Waals surface area contributed by atoms with Crippen LogP contribution in [0.2, 0.25) is 0 Å². The Morgan fingerprint density at radius 1 is 1.04 bits per heavy atom. The molecule has 2 aromatic rings. The molecule has 3 rings (SSSR count). The van der Waals surface area contributed by atoms with Gasteiger partial charge >= 0.3 is 0 Å². The number of thioether (sulfide) groups is 1. The lowest BCUT2D eigenvalue weighted by Crippen LogP contribution is -2.32. The van der Waals surface area contributed by atoms with Crippen LogP contribution in [-0.4, -0.2) is 34.0 Å². The molecule has 1 heterocycles. The highest BCUT2D eigenvalue weighted by molar-refractivity contribution is 8.23. The fourth-order valence-electron chi connectivity index (χ4n) is 3.14. The number of hydrogen-bond donors (Lipinski definition) is 1. The van der Waals surface area contributed by atoms with Crippen LogP contribution in [0.1, 0.15) is 30.0 Å². The monoisotopic (exact) mass is 384 g/mol. The third-order valence-corrected chi connectivity index (χ3v) is 6.03. The van der Waals surface area contributed by atoms with Crippen LogP contribution in [0.5, 0.6) is 0 Å². The van der Waals surface area contributed by atoms with Crippen LogP contribution in [0.4, 0.5) is 0 Å². The molecule has 2 aromatic carbocycles. The minimum atomic E-state index is -0.0351. The zero-order chi connectivity index (χ0) is 18.2. The van der Waals surface area contributed by atoms with Crippen LogP contribution in [0.15, 0.2) is 60.7 Å². The highest BCUT2D eigenvalue weighted by Crippen LogP contribution is 2.20. The Kier molecular flexibility index (Phi) is 7.09. The molecule has 1 unspecified atom stereocenters. The third kappa shape index (κ3) is 5.58. The molecule has 26 heavy (non-hydrogen) atoms. The van der Waals surface area contributed by atoms with E-state index >= 15 is 0 Å². The predicted octanol–water partition coefficient (Wildman–Crippen LogP) is 4.20. The maximum Gasteiger partial charge on any atom is 0.230 e. The van der Waals surface area contributed by atoms with Gasteiger partial charge in [0.1, 0.15) is 4.32 Å². The van der Waals surface area contributed by atoms with E-state index in [-0.39, 0.29) is 11.9 Å². The zero-order valence-corrected chi connectivity index (χ0v) is 16.4. The summed E-state index contributed by atoms with van der Waals surface area (Å²) in [5, 5.41) is 3.19. The van der Waals surface area contributed by atoms with E-state index in [0.29, 0.717) is 5.75 Å². The average Bonchev–Trinajstić information content (AvgIpc) is 3.22. The van der Waals surface area contributed by atoms with E-state index in [4.69, 9.17) is 12.2 Å². The Balaban J connectivity index is 1.59. The highest BCUT2D eigenvalue weighted by Gasteiger charge is 2.18. The SMILES string of the molecule is O=C(CSC(=S)N1CCCC1)NC(Cc1ccccc1)c1ccccc1. The molecule has 1 saturated heterocycles. The molecular weight excluding hydrogens is 360 g/mol. The van der Waals surface area contributed by atoms with Gasteiger partial charge in [-0.1, -0.05) is 84.6 Å². The lowest BCUT2D eigenvalue weighted by molar-refractivity contribution is -0.119. The second-order valence-electron chi connectivity index (χ2n) is 6.47. The average molecular weight is 385 g/mol. The molecule has 1 aliphatic rings. The Labute approximate surface area is 165 Å². The van der Waals surface area contributed by atoms with Crippen LogP contribution in [0, 0.1) is 0 Å². The van der Waals surface area contributed by atoms with E-state index in [9.17, 15) is 4.79 Å². The number of carbonyl (C=O) groups excluding carboxylic acids is 1. The molecule has 1 N–H and O–H groups in total. The molecule has 0 radical (unpaired) electrons. The van der Waals surface area contributed by atoms with Crippen molar-refractivity contribution in [3.05, 3.63) is 71.8 Å². The maximum absolute atomic E-state index is 12.5. The summed E-state index contributed by atoms with van der Waals surface area (Å²) in [7, 11) is 0. The van der Waals surface area contributed by atoms with Gasteiger partial charge in [0.2, 0.25) is 5.91 Å². The summed E-state index contributed by atoms with van der Waals surface area (Å²) in [6.07, 6.45) is 3.16. The van der Waals surface area contributed by atoms with Crippen molar-refractivity contribution in [1.29, 1.82) is 0 Å². The lowest BCUT2D eigenvalue weighted by Gasteiger charge is -2.21. The summed E-state index contributed by atoms with van der Waals surface area (Å²) in [6, 6.07) is 20.4. The first-order valence-electron chi connectivity index (χ1n) is 9.02. The van der Waals surface area contributed by atoms with Crippen molar-refractivity contribution in [1.82, 2.24) is 10.2 Å². The van der Waals surface area contributed by atoms with E-state index in [1.165, 1.54) is 30.2 Å². The molecule has 0 bridgehead atoms. The molecular formula is C21H24N2OS2. The predicted molar refractivity (Wildman–Crippen MR) is 113 cm³/mol. The summed E-state index contributed by atoms with van der Waals surface area (Å²) in [5.74, 6) is 0.398. The fourth-order valence-corrected chi connectivity index (χ4v) is 4.20. The number of likely N-dealkylation sites (tertiary alicyclic amines) is 1. The van der Waals surface area contributed by atoms with Crippen molar-refractivity contribution in [2.75, 3.05) is 18.8 Å². The van der Waals surface area contributed by atoms with E-state index in [1.54, 1.807) is 0 Å². The molecule has 0 saturated carbocycles. The smallest absolute Gasteiger partial charge is 0.230 e. The summed E-state index contributed by atoms with van der Waals surface area (Å²) >= 11 is 6.92. The van der Waals surface area contributed by atoms with Gasteiger partial charge in [-0.2, -0.15) is 0 Å². The number of nitrogens with one attached hydrogen (secondary N) is 1. The molecule has 5 heteroatoms. The number of benzene rings is 2. The minimum absolute atomic E-state index is 0.0290. The second-order valence-corrected chi connectivity index (χ2v) is 8.08. The van der Waals surface area contributed by atoms with Gasteiger partial charge in [0.25, 0.3) is 0 Å². The quantitative estimate of drug-likeness (QED) is 0.757. The minimum Gasteiger partial charge on any atom is -0.358 e. The van der Waals surface area contributed by atoms with E-state index in [1.807, 2.05) is 36.4 Å². The van der Waals surface area contributed by atoms with Gasteiger partial charge in [0.15, 0.2) is 0 Å². The molecule has 136 valence electrons. The first-order valence-corrected chi connectivity index (χ1v) is 10.4. The third-order valence-electron chi connectivity index (χ3n) is 4.51. The van der Waals surface area contributed by atoms with Crippen molar-refractivity contribution in [3.8, 4) is 0 Å². The van der Waals surface area contributed by atoms with Crippen LogP contribution < -0.4 is 5.32 Å². The number of rotatable bonds is 6. The first kappa shape index (κ1) is 18.9.